The zero-order valence-corrected chi connectivity index (χ0v) is 7.83. The fourth-order valence-electron chi connectivity index (χ4n) is 1.55. The van der Waals surface area contributed by atoms with Crippen molar-refractivity contribution in [3.63, 3.8) is 0 Å². The minimum Gasteiger partial charge on any atom is -0.478 e. The summed E-state index contributed by atoms with van der Waals surface area (Å²) < 4.78 is 0. The Morgan fingerprint density at radius 2 is 2.08 bits per heavy atom. The van der Waals surface area contributed by atoms with Gasteiger partial charge in [-0.1, -0.05) is 30.6 Å². The summed E-state index contributed by atoms with van der Waals surface area (Å²) in [5, 5.41) is 8.46. The monoisotopic (exact) mass is 180 g/mol. The van der Waals surface area contributed by atoms with Crippen molar-refractivity contribution in [1.82, 2.24) is 0 Å². The van der Waals surface area contributed by atoms with Gasteiger partial charge < -0.3 is 5.11 Å². The van der Waals surface area contributed by atoms with E-state index < -0.39 is 5.97 Å². The van der Waals surface area contributed by atoms with Crippen molar-refractivity contribution < 1.29 is 9.90 Å². The molecular formula is C11H16O2. The zero-order valence-electron chi connectivity index (χ0n) is 7.83. The van der Waals surface area contributed by atoms with Crippen LogP contribution in [0, 0.1) is 0 Å². The van der Waals surface area contributed by atoms with Crippen LogP contribution in [0.5, 0.6) is 0 Å². The van der Waals surface area contributed by atoms with E-state index in [1.165, 1.54) is 37.3 Å². The molecule has 72 valence electrons. The first-order valence-electron chi connectivity index (χ1n) is 4.89. The van der Waals surface area contributed by atoms with Crippen LogP contribution in [-0.2, 0) is 4.79 Å². The number of aliphatic carboxylic acids is 1. The first kappa shape index (κ1) is 10.0. The molecule has 2 heteroatoms. The van der Waals surface area contributed by atoms with Gasteiger partial charge in [0.2, 0.25) is 0 Å². The van der Waals surface area contributed by atoms with Gasteiger partial charge in [0, 0.05) is 6.08 Å². The lowest BCUT2D eigenvalue weighted by Crippen LogP contribution is -1.90. The fraction of sp³-hybridized carbons (Fsp3) is 0.545. The second-order valence-electron chi connectivity index (χ2n) is 3.40. The fourth-order valence-corrected chi connectivity index (χ4v) is 1.55. The molecule has 0 saturated heterocycles. The van der Waals surface area contributed by atoms with Crippen molar-refractivity contribution in [3.05, 3.63) is 23.8 Å². The van der Waals surface area contributed by atoms with Crippen LogP contribution < -0.4 is 0 Å². The third-order valence-electron chi connectivity index (χ3n) is 2.27. The van der Waals surface area contributed by atoms with E-state index in [0.29, 0.717) is 0 Å². The average Bonchev–Trinajstić information content (AvgIpc) is 2.01. The molecule has 0 amide bonds. The van der Waals surface area contributed by atoms with Gasteiger partial charge >= 0.3 is 5.97 Å². The van der Waals surface area contributed by atoms with Crippen LogP contribution in [0.2, 0.25) is 0 Å². The van der Waals surface area contributed by atoms with Crippen molar-refractivity contribution in [2.75, 3.05) is 0 Å². The van der Waals surface area contributed by atoms with Gasteiger partial charge in [0.05, 0.1) is 0 Å². The lowest BCUT2D eigenvalue weighted by molar-refractivity contribution is -0.131. The molecule has 2 nitrogen and oxygen atoms in total. The second kappa shape index (κ2) is 5.57. The van der Waals surface area contributed by atoms with Gasteiger partial charge in [-0.05, 0) is 25.7 Å². The molecule has 0 bridgehead atoms. The minimum absolute atomic E-state index is 0.858. The van der Waals surface area contributed by atoms with Gasteiger partial charge in [-0.2, -0.15) is 0 Å². The van der Waals surface area contributed by atoms with Crippen LogP contribution in [0.15, 0.2) is 23.8 Å². The Morgan fingerprint density at radius 1 is 1.31 bits per heavy atom. The molecule has 0 aromatic rings. The number of carboxylic acid groups (broad SMARTS) is 1. The topological polar surface area (TPSA) is 37.3 Å². The summed E-state index contributed by atoms with van der Waals surface area (Å²) in [5.74, 6) is -0.858. The first-order chi connectivity index (χ1) is 6.29. The molecule has 1 aliphatic carbocycles. The molecule has 1 aliphatic rings. The number of rotatable bonds is 2. The van der Waals surface area contributed by atoms with Crippen molar-refractivity contribution in [1.29, 1.82) is 0 Å². The summed E-state index contributed by atoms with van der Waals surface area (Å²) in [6, 6.07) is 0. The summed E-state index contributed by atoms with van der Waals surface area (Å²) in [6.45, 7) is 0. The normalized spacial score (nSPS) is 19.2. The van der Waals surface area contributed by atoms with Crippen LogP contribution in [-0.4, -0.2) is 11.1 Å². The molecule has 0 aliphatic heterocycles. The van der Waals surface area contributed by atoms with Gasteiger partial charge in [-0.25, -0.2) is 4.79 Å². The maximum absolute atomic E-state index is 10.3. The molecule has 0 radical (unpaired) electrons. The van der Waals surface area contributed by atoms with Gasteiger partial charge in [0.25, 0.3) is 0 Å². The van der Waals surface area contributed by atoms with E-state index in [2.05, 4.69) is 6.08 Å². The molecule has 0 atom stereocenters. The molecule has 0 heterocycles. The highest BCUT2D eigenvalue weighted by Gasteiger charge is 1.99. The smallest absolute Gasteiger partial charge is 0.328 e. The molecular weight excluding hydrogens is 164 g/mol. The van der Waals surface area contributed by atoms with E-state index in [9.17, 15) is 4.79 Å². The minimum atomic E-state index is -0.858. The Kier molecular flexibility index (Phi) is 4.30. The third-order valence-corrected chi connectivity index (χ3v) is 2.27. The van der Waals surface area contributed by atoms with Gasteiger partial charge in [-0.15, -0.1) is 0 Å². The standard InChI is InChI=1S/C11H16O2/c12-11(13)9-8-10-6-4-2-1-3-5-7-10/h6,8-9H,1-5,7H2,(H,12,13). The second-order valence-corrected chi connectivity index (χ2v) is 3.40. The van der Waals surface area contributed by atoms with Crippen LogP contribution in [0.1, 0.15) is 38.5 Å². The van der Waals surface area contributed by atoms with Crippen LogP contribution in [0.4, 0.5) is 0 Å². The van der Waals surface area contributed by atoms with Crippen molar-refractivity contribution in [2.24, 2.45) is 0 Å². The highest BCUT2D eigenvalue weighted by atomic mass is 16.4. The predicted octanol–water partition coefficient (Wildman–Crippen LogP) is 2.91. The van der Waals surface area contributed by atoms with Crippen LogP contribution >= 0.6 is 0 Å². The quantitative estimate of drug-likeness (QED) is 0.663. The van der Waals surface area contributed by atoms with Gasteiger partial charge in [0.1, 0.15) is 0 Å². The lowest BCUT2D eigenvalue weighted by atomic mass is 10.00. The van der Waals surface area contributed by atoms with E-state index >= 15 is 0 Å². The molecule has 0 unspecified atom stereocenters. The number of carbonyl (C=O) groups is 1. The van der Waals surface area contributed by atoms with Crippen LogP contribution in [0.25, 0.3) is 0 Å². The highest BCUT2D eigenvalue weighted by molar-refractivity contribution is 5.80. The summed E-state index contributed by atoms with van der Waals surface area (Å²) in [6.07, 6.45) is 12.3. The molecule has 0 fully saturated rings. The van der Waals surface area contributed by atoms with E-state index in [0.717, 1.165) is 12.8 Å². The maximum atomic E-state index is 10.3. The van der Waals surface area contributed by atoms with Crippen LogP contribution in [0.3, 0.4) is 0 Å². The Bertz CT molecular complexity index is 226. The van der Waals surface area contributed by atoms with Crippen molar-refractivity contribution in [2.45, 2.75) is 38.5 Å². The molecule has 0 saturated carbocycles. The van der Waals surface area contributed by atoms with E-state index in [1.54, 1.807) is 6.08 Å². The Hall–Kier alpha value is -1.05. The SMILES string of the molecule is O=C(O)C=CC1=CCCCCCC1. The number of carboxylic acids is 1. The lowest BCUT2D eigenvalue weighted by Gasteiger charge is -2.06. The molecule has 0 spiro atoms. The largest absolute Gasteiger partial charge is 0.478 e. The summed E-state index contributed by atoms with van der Waals surface area (Å²) in [5.41, 5.74) is 1.18. The maximum Gasteiger partial charge on any atom is 0.328 e. The summed E-state index contributed by atoms with van der Waals surface area (Å²) in [7, 11) is 0. The Morgan fingerprint density at radius 3 is 2.85 bits per heavy atom. The van der Waals surface area contributed by atoms with Crippen molar-refractivity contribution in [3.8, 4) is 0 Å². The first-order valence-corrected chi connectivity index (χ1v) is 4.89. The Labute approximate surface area is 79.0 Å². The molecule has 13 heavy (non-hydrogen) atoms. The predicted molar refractivity (Wildman–Crippen MR) is 52.6 cm³/mol. The highest BCUT2D eigenvalue weighted by Crippen LogP contribution is 2.17. The molecule has 1 rings (SSSR count). The van der Waals surface area contributed by atoms with Crippen molar-refractivity contribution >= 4 is 5.97 Å². The number of hydrogen-bond acceptors (Lipinski definition) is 1. The summed E-state index contributed by atoms with van der Waals surface area (Å²) >= 11 is 0. The Balaban J connectivity index is 2.49. The summed E-state index contributed by atoms with van der Waals surface area (Å²) in [4.78, 5) is 10.3. The zero-order chi connectivity index (χ0) is 9.52. The van der Waals surface area contributed by atoms with Gasteiger partial charge in [0.15, 0.2) is 0 Å². The molecule has 0 aromatic carbocycles. The van der Waals surface area contributed by atoms with E-state index in [-0.39, 0.29) is 0 Å². The number of allylic oxidation sites excluding steroid dienone is 3. The number of hydrogen-bond donors (Lipinski definition) is 1. The van der Waals surface area contributed by atoms with E-state index in [1.807, 2.05) is 0 Å². The molecule has 0 aromatic heterocycles. The van der Waals surface area contributed by atoms with E-state index in [4.69, 9.17) is 5.11 Å². The average molecular weight is 180 g/mol. The third kappa shape index (κ3) is 4.51. The van der Waals surface area contributed by atoms with Gasteiger partial charge in [-0.3, -0.25) is 0 Å². The molecule has 1 N–H and O–H groups in total.